The number of hydrogen-bond acceptors (Lipinski definition) is 5. The number of sulfonamides is 1. The molecule has 6 nitrogen and oxygen atoms in total. The Labute approximate surface area is 195 Å². The fraction of sp³-hybridized carbons (Fsp3) is 0.0400. The summed E-state index contributed by atoms with van der Waals surface area (Å²) in [6, 6.07) is 23.9. The van der Waals surface area contributed by atoms with Gasteiger partial charge < -0.3 is 9.30 Å². The molecule has 0 saturated carbocycles. The Morgan fingerprint density at radius 2 is 1.61 bits per heavy atom. The highest BCUT2D eigenvalue weighted by Crippen LogP contribution is 2.24. The van der Waals surface area contributed by atoms with E-state index in [1.165, 1.54) is 23.5 Å². The Hall–Kier alpha value is -3.75. The summed E-state index contributed by atoms with van der Waals surface area (Å²) < 4.78 is 36.7. The number of esters is 1. The lowest BCUT2D eigenvalue weighted by atomic mass is 10.1. The second-order valence-corrected chi connectivity index (χ2v) is 9.40. The molecule has 0 aliphatic carbocycles. The number of allylic oxidation sites excluding steroid dienone is 1. The predicted molar refractivity (Wildman–Crippen MR) is 129 cm³/mol. The second-order valence-electron chi connectivity index (χ2n) is 6.96. The molecule has 0 fully saturated rings. The molecular formula is C25H20N2O4S2. The van der Waals surface area contributed by atoms with E-state index in [0.29, 0.717) is 22.7 Å². The average molecular weight is 477 g/mol. The normalized spacial score (nSPS) is 11.8. The standard InChI is InChI=1S/C25H20N2O4S2/c1-2-17-27-23(18-32-25(27)26-33(29,30)22-11-7-4-8-12-22)19-13-15-21(16-14-19)31-24(28)20-9-5-3-6-10-20/h2-16,18H,1,17H2. The summed E-state index contributed by atoms with van der Waals surface area (Å²) in [4.78, 5) is 12.7. The van der Waals surface area contributed by atoms with Crippen LogP contribution in [-0.2, 0) is 16.6 Å². The fourth-order valence-electron chi connectivity index (χ4n) is 3.12. The molecule has 0 unspecified atom stereocenters. The third kappa shape index (κ3) is 5.19. The van der Waals surface area contributed by atoms with Crippen molar-refractivity contribution in [3.05, 3.63) is 113 Å². The van der Waals surface area contributed by atoms with Crippen LogP contribution in [0.3, 0.4) is 0 Å². The minimum atomic E-state index is -3.85. The van der Waals surface area contributed by atoms with Gasteiger partial charge >= 0.3 is 5.97 Å². The van der Waals surface area contributed by atoms with Crippen LogP contribution < -0.4 is 9.54 Å². The van der Waals surface area contributed by atoms with Crippen molar-refractivity contribution in [2.24, 2.45) is 4.40 Å². The van der Waals surface area contributed by atoms with E-state index in [-0.39, 0.29) is 4.90 Å². The van der Waals surface area contributed by atoms with Gasteiger partial charge in [-0.3, -0.25) is 0 Å². The summed E-state index contributed by atoms with van der Waals surface area (Å²) in [5, 5.41) is 1.84. The van der Waals surface area contributed by atoms with E-state index in [9.17, 15) is 13.2 Å². The van der Waals surface area contributed by atoms with Gasteiger partial charge in [0, 0.05) is 11.9 Å². The highest BCUT2D eigenvalue weighted by Gasteiger charge is 2.15. The Morgan fingerprint density at radius 1 is 0.970 bits per heavy atom. The molecule has 4 rings (SSSR count). The summed E-state index contributed by atoms with van der Waals surface area (Å²) >= 11 is 1.23. The van der Waals surface area contributed by atoms with E-state index in [1.54, 1.807) is 65.2 Å². The van der Waals surface area contributed by atoms with Gasteiger partial charge in [-0.05, 0) is 54.1 Å². The molecule has 0 atom stereocenters. The van der Waals surface area contributed by atoms with Gasteiger partial charge in [-0.2, -0.15) is 8.42 Å². The van der Waals surface area contributed by atoms with Crippen LogP contribution in [0.2, 0.25) is 0 Å². The molecule has 0 aliphatic rings. The van der Waals surface area contributed by atoms with Crippen LogP contribution in [-0.4, -0.2) is 19.0 Å². The van der Waals surface area contributed by atoms with Crippen LogP contribution in [0.25, 0.3) is 11.3 Å². The van der Waals surface area contributed by atoms with E-state index in [1.807, 2.05) is 23.6 Å². The summed E-state index contributed by atoms with van der Waals surface area (Å²) in [7, 11) is -3.85. The number of rotatable bonds is 7. The first-order valence-corrected chi connectivity index (χ1v) is 12.3. The molecule has 3 aromatic carbocycles. The lowest BCUT2D eigenvalue weighted by molar-refractivity contribution is 0.0734. The quantitative estimate of drug-likeness (QED) is 0.216. The van der Waals surface area contributed by atoms with Gasteiger partial charge in [0.2, 0.25) is 4.80 Å². The van der Waals surface area contributed by atoms with Gasteiger partial charge in [0.15, 0.2) is 0 Å². The molecule has 0 N–H and O–H groups in total. The third-order valence-corrected chi connectivity index (χ3v) is 6.98. The lowest BCUT2D eigenvalue weighted by Gasteiger charge is -2.08. The predicted octanol–water partition coefficient (Wildman–Crippen LogP) is 4.91. The van der Waals surface area contributed by atoms with Crippen LogP contribution in [0.15, 0.2) is 112 Å². The van der Waals surface area contributed by atoms with Crippen molar-refractivity contribution in [2.75, 3.05) is 0 Å². The van der Waals surface area contributed by atoms with E-state index >= 15 is 0 Å². The molecule has 8 heteroatoms. The van der Waals surface area contributed by atoms with Gasteiger partial charge in [-0.1, -0.05) is 42.5 Å². The Morgan fingerprint density at radius 3 is 2.24 bits per heavy atom. The van der Waals surface area contributed by atoms with Crippen molar-refractivity contribution < 1.29 is 17.9 Å². The summed E-state index contributed by atoms with van der Waals surface area (Å²) in [6.45, 7) is 4.16. The monoisotopic (exact) mass is 476 g/mol. The molecule has 0 amide bonds. The summed E-state index contributed by atoms with van der Waals surface area (Å²) in [6.07, 6.45) is 1.68. The van der Waals surface area contributed by atoms with E-state index in [0.717, 1.165) is 11.3 Å². The lowest BCUT2D eigenvalue weighted by Crippen LogP contribution is -2.17. The zero-order valence-electron chi connectivity index (χ0n) is 17.5. The van der Waals surface area contributed by atoms with E-state index < -0.39 is 16.0 Å². The molecule has 0 radical (unpaired) electrons. The number of aromatic nitrogens is 1. The molecule has 0 bridgehead atoms. The van der Waals surface area contributed by atoms with Crippen molar-refractivity contribution in [1.82, 2.24) is 4.57 Å². The van der Waals surface area contributed by atoms with Crippen LogP contribution in [0, 0.1) is 0 Å². The number of carbonyl (C=O) groups excluding carboxylic acids is 1. The summed E-state index contributed by atoms with van der Waals surface area (Å²) in [5.41, 5.74) is 2.07. The van der Waals surface area contributed by atoms with Crippen molar-refractivity contribution in [3.8, 4) is 17.0 Å². The maximum Gasteiger partial charge on any atom is 0.343 e. The number of benzene rings is 3. The van der Waals surface area contributed by atoms with Crippen LogP contribution in [0.1, 0.15) is 10.4 Å². The third-order valence-electron chi connectivity index (χ3n) is 4.72. The molecule has 0 saturated heterocycles. The zero-order valence-corrected chi connectivity index (χ0v) is 19.1. The van der Waals surface area contributed by atoms with Crippen LogP contribution in [0.4, 0.5) is 0 Å². The van der Waals surface area contributed by atoms with Crippen molar-refractivity contribution in [1.29, 1.82) is 0 Å². The van der Waals surface area contributed by atoms with Crippen molar-refractivity contribution in [2.45, 2.75) is 11.4 Å². The van der Waals surface area contributed by atoms with Crippen molar-refractivity contribution >= 4 is 27.3 Å². The Bertz CT molecular complexity index is 1440. The van der Waals surface area contributed by atoms with Crippen molar-refractivity contribution in [3.63, 3.8) is 0 Å². The highest BCUT2D eigenvalue weighted by molar-refractivity contribution is 7.90. The maximum atomic E-state index is 12.7. The fourth-order valence-corrected chi connectivity index (χ4v) is 5.28. The highest BCUT2D eigenvalue weighted by atomic mass is 32.2. The molecule has 4 aromatic rings. The van der Waals surface area contributed by atoms with Gasteiger partial charge in [-0.15, -0.1) is 22.3 Å². The number of hydrogen-bond donors (Lipinski definition) is 0. The molecule has 1 heterocycles. The SMILES string of the molecule is C=CCn1c(-c2ccc(OC(=O)c3ccccc3)cc2)csc1=NS(=O)(=O)c1ccccc1. The number of ether oxygens (including phenoxy) is 1. The van der Waals surface area contributed by atoms with Crippen LogP contribution >= 0.6 is 11.3 Å². The van der Waals surface area contributed by atoms with Gasteiger partial charge in [-0.25, -0.2) is 4.79 Å². The largest absolute Gasteiger partial charge is 0.423 e. The van der Waals surface area contributed by atoms with E-state index in [4.69, 9.17) is 4.74 Å². The molecule has 0 spiro atoms. The Kier molecular flexibility index (Phi) is 6.67. The maximum absolute atomic E-state index is 12.7. The Balaban J connectivity index is 1.64. The molecule has 1 aromatic heterocycles. The molecule has 166 valence electrons. The van der Waals surface area contributed by atoms with Crippen LogP contribution in [0.5, 0.6) is 5.75 Å². The number of carbonyl (C=O) groups is 1. The van der Waals surface area contributed by atoms with Gasteiger partial charge in [0.05, 0.1) is 16.2 Å². The number of nitrogens with zero attached hydrogens (tertiary/aromatic N) is 2. The minimum absolute atomic E-state index is 0.134. The first-order chi connectivity index (χ1) is 16.0. The zero-order chi connectivity index (χ0) is 23.3. The van der Waals surface area contributed by atoms with Gasteiger partial charge in [0.25, 0.3) is 10.0 Å². The van der Waals surface area contributed by atoms with Gasteiger partial charge in [0.1, 0.15) is 5.75 Å². The first kappa shape index (κ1) is 22.4. The molecule has 33 heavy (non-hydrogen) atoms. The smallest absolute Gasteiger partial charge is 0.343 e. The average Bonchev–Trinajstić information content (AvgIpc) is 3.22. The number of thiazole rings is 1. The summed E-state index contributed by atoms with van der Waals surface area (Å²) in [5.74, 6) is -0.0255. The second kappa shape index (κ2) is 9.81. The molecular weight excluding hydrogens is 456 g/mol. The topological polar surface area (TPSA) is 77.7 Å². The van der Waals surface area contributed by atoms with E-state index in [2.05, 4.69) is 11.0 Å². The molecule has 0 aliphatic heterocycles. The minimum Gasteiger partial charge on any atom is -0.423 e. The first-order valence-electron chi connectivity index (χ1n) is 10.0.